The van der Waals surface area contributed by atoms with Crippen LogP contribution in [0.3, 0.4) is 0 Å². The van der Waals surface area contributed by atoms with Crippen LogP contribution in [0.2, 0.25) is 15.1 Å². The fraction of sp³-hybridized carbons (Fsp3) is 0.400. The van der Waals surface area contributed by atoms with E-state index in [0.717, 1.165) is 12.1 Å². The topological polar surface area (TPSA) is 59.9 Å². The quantitative estimate of drug-likeness (QED) is 0.800. The zero-order valence-electron chi connectivity index (χ0n) is 13.0. The molecular weight excluding hydrogens is 359 g/mol. The van der Waals surface area contributed by atoms with Crippen LogP contribution in [-0.4, -0.2) is 27.6 Å². The van der Waals surface area contributed by atoms with Gasteiger partial charge in [0.25, 0.3) is 0 Å². The summed E-state index contributed by atoms with van der Waals surface area (Å²) in [6, 6.07) is 1.53. The highest BCUT2D eigenvalue weighted by atomic mass is 35.5. The van der Waals surface area contributed by atoms with Crippen molar-refractivity contribution in [2.24, 2.45) is 0 Å². The number of pyridine rings is 1. The van der Waals surface area contributed by atoms with Crippen molar-refractivity contribution in [1.82, 2.24) is 15.0 Å². The number of ether oxygens (including phenoxy) is 1. The second-order valence-corrected chi connectivity index (χ2v) is 6.25. The Balaban J connectivity index is 2.02. The third kappa shape index (κ3) is 4.83. The Morgan fingerprint density at radius 1 is 1.26 bits per heavy atom. The van der Waals surface area contributed by atoms with E-state index in [2.05, 4.69) is 20.3 Å². The minimum absolute atomic E-state index is 0.0555. The number of aromatic nitrogens is 3. The summed E-state index contributed by atoms with van der Waals surface area (Å²) >= 11 is 18.1. The molecule has 0 amide bonds. The standard InChI is InChI=1S/C15H17Cl3N4O/c1-4-12-13(18)14(22-9(3)21-12)20-8(2)7-23-15-11(17)5-10(16)6-19-15/h5-6,8H,4,7H2,1-3H3,(H,20,21,22)/t8-/m0/s1. The molecule has 0 fully saturated rings. The van der Waals surface area contributed by atoms with E-state index in [1.54, 1.807) is 6.07 Å². The van der Waals surface area contributed by atoms with Crippen LogP contribution >= 0.6 is 34.8 Å². The molecule has 0 bridgehead atoms. The van der Waals surface area contributed by atoms with E-state index in [0.29, 0.717) is 39.2 Å². The van der Waals surface area contributed by atoms with Crippen molar-refractivity contribution in [3.63, 3.8) is 0 Å². The van der Waals surface area contributed by atoms with Crippen molar-refractivity contribution >= 4 is 40.6 Å². The predicted molar refractivity (Wildman–Crippen MR) is 94.0 cm³/mol. The van der Waals surface area contributed by atoms with Crippen molar-refractivity contribution in [3.05, 3.63) is 38.8 Å². The highest BCUT2D eigenvalue weighted by Gasteiger charge is 2.13. The summed E-state index contributed by atoms with van der Waals surface area (Å²) in [6.07, 6.45) is 2.23. The van der Waals surface area contributed by atoms with E-state index < -0.39 is 0 Å². The van der Waals surface area contributed by atoms with Gasteiger partial charge in [0.2, 0.25) is 5.88 Å². The molecule has 1 atom stereocenters. The van der Waals surface area contributed by atoms with E-state index in [1.807, 2.05) is 20.8 Å². The molecule has 0 saturated heterocycles. The first-order chi connectivity index (χ1) is 10.9. The summed E-state index contributed by atoms with van der Waals surface area (Å²) in [5.41, 5.74) is 0.817. The van der Waals surface area contributed by atoms with Gasteiger partial charge in [0, 0.05) is 6.20 Å². The number of nitrogens with one attached hydrogen (secondary N) is 1. The number of hydrogen-bond acceptors (Lipinski definition) is 5. The number of halogens is 3. The molecule has 2 aromatic rings. The molecule has 8 heteroatoms. The number of rotatable bonds is 6. The van der Waals surface area contributed by atoms with Crippen LogP contribution in [0.1, 0.15) is 25.4 Å². The zero-order valence-corrected chi connectivity index (χ0v) is 15.3. The number of aryl methyl sites for hydroxylation is 2. The number of anilines is 1. The first-order valence-corrected chi connectivity index (χ1v) is 8.27. The lowest BCUT2D eigenvalue weighted by Gasteiger charge is -2.17. The Bertz CT molecular complexity index is 697. The maximum absolute atomic E-state index is 6.31. The van der Waals surface area contributed by atoms with Crippen molar-refractivity contribution in [3.8, 4) is 5.88 Å². The van der Waals surface area contributed by atoms with Gasteiger partial charge in [0.15, 0.2) is 0 Å². The van der Waals surface area contributed by atoms with Gasteiger partial charge in [-0.3, -0.25) is 0 Å². The molecule has 124 valence electrons. The van der Waals surface area contributed by atoms with Gasteiger partial charge in [0.1, 0.15) is 28.3 Å². The first kappa shape index (κ1) is 18.0. The minimum atomic E-state index is -0.0555. The van der Waals surface area contributed by atoms with Gasteiger partial charge in [-0.25, -0.2) is 15.0 Å². The van der Waals surface area contributed by atoms with E-state index in [4.69, 9.17) is 39.5 Å². The Labute approximate surface area is 150 Å². The van der Waals surface area contributed by atoms with Crippen LogP contribution < -0.4 is 10.1 Å². The lowest BCUT2D eigenvalue weighted by atomic mass is 10.3. The summed E-state index contributed by atoms with van der Waals surface area (Å²) in [4.78, 5) is 12.7. The van der Waals surface area contributed by atoms with Gasteiger partial charge in [-0.2, -0.15) is 0 Å². The van der Waals surface area contributed by atoms with E-state index in [1.165, 1.54) is 6.20 Å². The van der Waals surface area contributed by atoms with Gasteiger partial charge >= 0.3 is 0 Å². The van der Waals surface area contributed by atoms with Crippen LogP contribution in [0.15, 0.2) is 12.3 Å². The molecule has 0 aliphatic rings. The molecule has 5 nitrogen and oxygen atoms in total. The number of hydrogen-bond donors (Lipinski definition) is 1. The normalized spacial score (nSPS) is 12.1. The van der Waals surface area contributed by atoms with Crippen LogP contribution in [0.5, 0.6) is 5.88 Å². The van der Waals surface area contributed by atoms with Crippen LogP contribution in [0, 0.1) is 6.92 Å². The average Bonchev–Trinajstić information content (AvgIpc) is 2.49. The van der Waals surface area contributed by atoms with E-state index >= 15 is 0 Å². The molecule has 0 unspecified atom stereocenters. The summed E-state index contributed by atoms with van der Waals surface area (Å²) < 4.78 is 5.60. The van der Waals surface area contributed by atoms with Crippen LogP contribution in [0.4, 0.5) is 5.82 Å². The molecule has 0 radical (unpaired) electrons. The molecule has 0 aromatic carbocycles. The lowest BCUT2D eigenvalue weighted by molar-refractivity contribution is 0.292. The molecular formula is C15H17Cl3N4O. The summed E-state index contributed by atoms with van der Waals surface area (Å²) in [5.74, 6) is 1.61. The average molecular weight is 376 g/mol. The second kappa shape index (κ2) is 7.99. The highest BCUT2D eigenvalue weighted by Crippen LogP contribution is 2.26. The molecule has 2 rings (SSSR count). The minimum Gasteiger partial charge on any atom is -0.474 e. The SMILES string of the molecule is CCc1nc(C)nc(N[C@@H](C)COc2ncc(Cl)cc2Cl)c1Cl. The van der Waals surface area contributed by atoms with Crippen molar-refractivity contribution in [2.45, 2.75) is 33.2 Å². The Morgan fingerprint density at radius 2 is 2.00 bits per heavy atom. The molecule has 0 saturated carbocycles. The van der Waals surface area contributed by atoms with Crippen LogP contribution in [-0.2, 0) is 6.42 Å². The largest absolute Gasteiger partial charge is 0.474 e. The molecule has 0 aliphatic carbocycles. The Morgan fingerprint density at radius 3 is 2.65 bits per heavy atom. The van der Waals surface area contributed by atoms with Crippen molar-refractivity contribution in [1.29, 1.82) is 0 Å². The maximum atomic E-state index is 6.31. The third-order valence-corrected chi connectivity index (χ3v) is 3.87. The third-order valence-electron chi connectivity index (χ3n) is 2.99. The van der Waals surface area contributed by atoms with Crippen molar-refractivity contribution in [2.75, 3.05) is 11.9 Å². The smallest absolute Gasteiger partial charge is 0.232 e. The molecule has 2 heterocycles. The fourth-order valence-corrected chi connectivity index (χ4v) is 2.64. The maximum Gasteiger partial charge on any atom is 0.232 e. The molecule has 0 spiro atoms. The summed E-state index contributed by atoms with van der Waals surface area (Å²) in [6.45, 7) is 6.12. The molecule has 0 aliphatic heterocycles. The predicted octanol–water partition coefficient (Wildman–Crippen LogP) is 4.58. The van der Waals surface area contributed by atoms with Gasteiger partial charge in [-0.1, -0.05) is 41.7 Å². The van der Waals surface area contributed by atoms with Gasteiger partial charge in [0.05, 0.1) is 16.8 Å². The second-order valence-electron chi connectivity index (χ2n) is 5.03. The van der Waals surface area contributed by atoms with Gasteiger partial charge < -0.3 is 10.1 Å². The van der Waals surface area contributed by atoms with Gasteiger partial charge in [-0.15, -0.1) is 0 Å². The number of nitrogens with zero attached hydrogens (tertiary/aromatic N) is 3. The van der Waals surface area contributed by atoms with E-state index in [-0.39, 0.29) is 6.04 Å². The highest BCUT2D eigenvalue weighted by molar-refractivity contribution is 6.35. The monoisotopic (exact) mass is 374 g/mol. The van der Waals surface area contributed by atoms with Gasteiger partial charge in [-0.05, 0) is 26.3 Å². The summed E-state index contributed by atoms with van der Waals surface area (Å²) in [7, 11) is 0. The first-order valence-electron chi connectivity index (χ1n) is 7.14. The molecule has 23 heavy (non-hydrogen) atoms. The molecule has 1 N–H and O–H groups in total. The van der Waals surface area contributed by atoms with Crippen LogP contribution in [0.25, 0.3) is 0 Å². The fourth-order valence-electron chi connectivity index (χ4n) is 1.93. The molecule has 2 aromatic heterocycles. The lowest BCUT2D eigenvalue weighted by Crippen LogP contribution is -2.25. The van der Waals surface area contributed by atoms with E-state index in [9.17, 15) is 0 Å². The summed E-state index contributed by atoms with van der Waals surface area (Å²) in [5, 5.41) is 4.59. The van der Waals surface area contributed by atoms with Crippen molar-refractivity contribution < 1.29 is 4.74 Å². The Kier molecular flexibility index (Phi) is 6.27. The Hall–Kier alpha value is -1.30. The zero-order chi connectivity index (χ0) is 17.0.